The Bertz CT molecular complexity index is 327. The Kier molecular flexibility index (Phi) is 3.39. The van der Waals surface area contributed by atoms with Crippen LogP contribution in [0.15, 0.2) is 16.7 Å². The molecule has 0 bridgehead atoms. The fourth-order valence-corrected chi connectivity index (χ4v) is 1.02. The van der Waals surface area contributed by atoms with Crippen molar-refractivity contribution in [2.75, 3.05) is 11.9 Å². The molecule has 0 saturated heterocycles. The number of pyridine rings is 1. The largest absolute Gasteiger partial charge is 0.322 e. The van der Waals surface area contributed by atoms with E-state index in [9.17, 15) is 4.79 Å². The number of aromatic nitrogens is 1. The molecule has 0 unspecified atom stereocenters. The number of hydrogen-bond acceptors (Lipinski definition) is 3. The summed E-state index contributed by atoms with van der Waals surface area (Å²) in [5, 5.41) is 2.56. The number of nitrogens with one attached hydrogen (secondary N) is 1. The van der Waals surface area contributed by atoms with Gasteiger partial charge in [0.1, 0.15) is 5.82 Å². The number of amides is 1. The van der Waals surface area contributed by atoms with E-state index in [0.717, 1.165) is 10.0 Å². The zero-order valence-electron chi connectivity index (χ0n) is 7.17. The minimum atomic E-state index is -0.241. The monoisotopic (exact) mass is 243 g/mol. The second-order valence-corrected chi connectivity index (χ2v) is 3.43. The van der Waals surface area contributed by atoms with E-state index in [1.807, 2.05) is 6.92 Å². The zero-order chi connectivity index (χ0) is 9.84. The van der Waals surface area contributed by atoms with Crippen LogP contribution in [0.25, 0.3) is 0 Å². The Morgan fingerprint density at radius 2 is 2.46 bits per heavy atom. The lowest BCUT2D eigenvalue weighted by Crippen LogP contribution is -2.22. The van der Waals surface area contributed by atoms with Gasteiger partial charge in [0.25, 0.3) is 0 Å². The van der Waals surface area contributed by atoms with Crippen molar-refractivity contribution in [2.24, 2.45) is 5.73 Å². The molecule has 70 valence electrons. The van der Waals surface area contributed by atoms with Gasteiger partial charge in [-0.1, -0.05) is 0 Å². The molecule has 1 rings (SSSR count). The van der Waals surface area contributed by atoms with Gasteiger partial charge in [-0.05, 0) is 34.5 Å². The first-order valence-electron chi connectivity index (χ1n) is 3.75. The van der Waals surface area contributed by atoms with E-state index in [1.165, 1.54) is 0 Å². The summed E-state index contributed by atoms with van der Waals surface area (Å²) in [6.07, 6.45) is 1.64. The normalized spacial score (nSPS) is 9.77. The smallest absolute Gasteiger partial charge is 0.239 e. The second-order valence-electron chi connectivity index (χ2n) is 2.57. The molecule has 0 aliphatic rings. The Morgan fingerprint density at radius 1 is 1.77 bits per heavy atom. The van der Waals surface area contributed by atoms with Gasteiger partial charge in [0, 0.05) is 10.7 Å². The molecule has 0 spiro atoms. The number of rotatable bonds is 2. The first-order valence-corrected chi connectivity index (χ1v) is 4.55. The summed E-state index contributed by atoms with van der Waals surface area (Å²) in [6, 6.07) is 1.78. The lowest BCUT2D eigenvalue weighted by Gasteiger charge is -2.03. The number of aryl methyl sites for hydroxylation is 1. The maximum absolute atomic E-state index is 10.9. The third kappa shape index (κ3) is 2.78. The quantitative estimate of drug-likeness (QED) is 0.816. The lowest BCUT2D eigenvalue weighted by molar-refractivity contribution is -0.114. The van der Waals surface area contributed by atoms with E-state index in [0.29, 0.717) is 5.82 Å². The van der Waals surface area contributed by atoms with Crippen molar-refractivity contribution in [1.82, 2.24) is 4.98 Å². The van der Waals surface area contributed by atoms with Crippen molar-refractivity contribution < 1.29 is 4.79 Å². The van der Waals surface area contributed by atoms with Gasteiger partial charge < -0.3 is 11.1 Å². The molecule has 4 nitrogen and oxygen atoms in total. The SMILES string of the molecule is Cc1cc(NC(=O)CN)ncc1Br. The Balaban J connectivity index is 2.79. The molecule has 0 atom stereocenters. The number of nitrogens with zero attached hydrogens (tertiary/aromatic N) is 1. The van der Waals surface area contributed by atoms with Crippen LogP contribution >= 0.6 is 15.9 Å². The van der Waals surface area contributed by atoms with E-state index < -0.39 is 0 Å². The maximum Gasteiger partial charge on any atom is 0.239 e. The molecule has 1 heterocycles. The number of halogens is 1. The van der Waals surface area contributed by atoms with Gasteiger partial charge in [-0.3, -0.25) is 4.79 Å². The molecule has 0 aliphatic carbocycles. The topological polar surface area (TPSA) is 68.0 Å². The van der Waals surface area contributed by atoms with Gasteiger partial charge in [0.05, 0.1) is 6.54 Å². The lowest BCUT2D eigenvalue weighted by atomic mass is 10.3. The van der Waals surface area contributed by atoms with Crippen molar-refractivity contribution in [3.8, 4) is 0 Å². The predicted octanol–water partition coefficient (Wildman–Crippen LogP) is 1.05. The van der Waals surface area contributed by atoms with E-state index in [4.69, 9.17) is 5.73 Å². The highest BCUT2D eigenvalue weighted by Crippen LogP contribution is 2.16. The minimum absolute atomic E-state index is 0.0310. The summed E-state index contributed by atoms with van der Waals surface area (Å²) < 4.78 is 0.915. The van der Waals surface area contributed by atoms with Crippen LogP contribution in [-0.4, -0.2) is 17.4 Å². The molecule has 5 heteroatoms. The van der Waals surface area contributed by atoms with Crippen LogP contribution in [0.1, 0.15) is 5.56 Å². The summed E-state index contributed by atoms with van der Waals surface area (Å²) in [5.74, 6) is 0.283. The first kappa shape index (κ1) is 10.1. The molecule has 13 heavy (non-hydrogen) atoms. The van der Waals surface area contributed by atoms with Gasteiger partial charge in [0.15, 0.2) is 0 Å². The molecule has 0 aliphatic heterocycles. The molecule has 1 amide bonds. The average molecular weight is 244 g/mol. The standard InChI is InChI=1S/C8H10BrN3O/c1-5-2-7(11-4-6(5)9)12-8(13)3-10/h2,4H,3,10H2,1H3,(H,11,12,13). The first-order chi connectivity index (χ1) is 6.13. The molecule has 3 N–H and O–H groups in total. The number of carbonyl (C=O) groups excluding carboxylic acids is 1. The van der Waals surface area contributed by atoms with E-state index in [2.05, 4.69) is 26.2 Å². The third-order valence-corrected chi connectivity index (χ3v) is 2.33. The minimum Gasteiger partial charge on any atom is -0.322 e. The Morgan fingerprint density at radius 3 is 3.00 bits per heavy atom. The van der Waals surface area contributed by atoms with Gasteiger partial charge in [-0.2, -0.15) is 0 Å². The van der Waals surface area contributed by atoms with Crippen molar-refractivity contribution in [1.29, 1.82) is 0 Å². The molecule has 1 aromatic heterocycles. The average Bonchev–Trinajstić information content (AvgIpc) is 2.11. The highest BCUT2D eigenvalue weighted by atomic mass is 79.9. The van der Waals surface area contributed by atoms with Crippen LogP contribution < -0.4 is 11.1 Å². The van der Waals surface area contributed by atoms with Crippen LogP contribution in [0.2, 0.25) is 0 Å². The summed E-state index contributed by atoms with van der Waals surface area (Å²) in [5.41, 5.74) is 6.15. The van der Waals surface area contributed by atoms with Gasteiger partial charge in [0.2, 0.25) is 5.91 Å². The second kappa shape index (κ2) is 4.34. The molecule has 0 saturated carbocycles. The van der Waals surface area contributed by atoms with Crippen LogP contribution in [-0.2, 0) is 4.79 Å². The zero-order valence-corrected chi connectivity index (χ0v) is 8.76. The molecule has 0 fully saturated rings. The van der Waals surface area contributed by atoms with Crippen molar-refractivity contribution in [3.63, 3.8) is 0 Å². The van der Waals surface area contributed by atoms with E-state index in [-0.39, 0.29) is 12.5 Å². The van der Waals surface area contributed by atoms with Gasteiger partial charge in [-0.15, -0.1) is 0 Å². The van der Waals surface area contributed by atoms with Gasteiger partial charge >= 0.3 is 0 Å². The molecular weight excluding hydrogens is 234 g/mol. The van der Waals surface area contributed by atoms with E-state index in [1.54, 1.807) is 12.3 Å². The highest BCUT2D eigenvalue weighted by molar-refractivity contribution is 9.10. The van der Waals surface area contributed by atoms with Crippen LogP contribution in [0, 0.1) is 6.92 Å². The van der Waals surface area contributed by atoms with Gasteiger partial charge in [-0.25, -0.2) is 4.98 Å². The van der Waals surface area contributed by atoms with Crippen LogP contribution in [0.4, 0.5) is 5.82 Å². The number of hydrogen-bond donors (Lipinski definition) is 2. The fourth-order valence-electron chi connectivity index (χ4n) is 0.802. The van der Waals surface area contributed by atoms with Crippen molar-refractivity contribution in [2.45, 2.75) is 6.92 Å². The number of anilines is 1. The molecule has 0 aromatic carbocycles. The van der Waals surface area contributed by atoms with Crippen LogP contribution in [0.5, 0.6) is 0 Å². The Labute approximate surface area is 84.7 Å². The molecule has 0 radical (unpaired) electrons. The molecular formula is C8H10BrN3O. The summed E-state index contributed by atoms with van der Waals surface area (Å²) >= 11 is 3.31. The number of carbonyl (C=O) groups is 1. The Hall–Kier alpha value is -0.940. The molecule has 1 aromatic rings. The van der Waals surface area contributed by atoms with Crippen molar-refractivity contribution >= 4 is 27.7 Å². The maximum atomic E-state index is 10.9. The third-order valence-electron chi connectivity index (χ3n) is 1.50. The highest BCUT2D eigenvalue weighted by Gasteiger charge is 2.01. The summed E-state index contributed by atoms with van der Waals surface area (Å²) in [4.78, 5) is 14.9. The van der Waals surface area contributed by atoms with Crippen molar-refractivity contribution in [3.05, 3.63) is 22.3 Å². The number of nitrogens with two attached hydrogens (primary N) is 1. The summed E-state index contributed by atoms with van der Waals surface area (Å²) in [6.45, 7) is 1.89. The van der Waals surface area contributed by atoms with E-state index >= 15 is 0 Å². The van der Waals surface area contributed by atoms with Crippen LogP contribution in [0.3, 0.4) is 0 Å². The summed E-state index contributed by atoms with van der Waals surface area (Å²) in [7, 11) is 0. The predicted molar refractivity (Wildman–Crippen MR) is 54.4 cm³/mol. The fraction of sp³-hybridized carbons (Fsp3) is 0.250.